The van der Waals surface area contributed by atoms with Gasteiger partial charge in [-0.25, -0.2) is 4.99 Å². The maximum absolute atomic E-state index is 6.81. The van der Waals surface area contributed by atoms with Crippen molar-refractivity contribution in [3.8, 4) is 17.1 Å². The number of allylic oxidation sites excluding steroid dienone is 4. The number of benzene rings is 5. The summed E-state index contributed by atoms with van der Waals surface area (Å²) < 4.78 is 9.21. The fraction of sp³-hybridized carbons (Fsp3) is 0.0930. The molecule has 2 aromatic heterocycles. The zero-order valence-corrected chi connectivity index (χ0v) is 26.1. The van der Waals surface area contributed by atoms with Crippen LogP contribution >= 0.6 is 0 Å². The second kappa shape index (κ2) is 10.8. The Bertz CT molecular complexity index is 2430. The molecule has 0 spiro atoms. The van der Waals surface area contributed by atoms with Crippen LogP contribution in [-0.4, -0.2) is 10.4 Å². The zero-order valence-electron chi connectivity index (χ0n) is 26.1. The fourth-order valence-electron chi connectivity index (χ4n) is 7.95. The monoisotopic (exact) mass is 620 g/mol. The van der Waals surface area contributed by atoms with E-state index in [-0.39, 0.29) is 24.2 Å². The Kier molecular flexibility index (Phi) is 6.14. The van der Waals surface area contributed by atoms with E-state index in [4.69, 9.17) is 9.41 Å². The number of nitrogens with one attached hydrogen (secondary N) is 2. The van der Waals surface area contributed by atoms with Crippen molar-refractivity contribution in [1.82, 2.24) is 15.2 Å². The summed E-state index contributed by atoms with van der Waals surface area (Å²) in [7, 11) is 0. The number of hydrogen-bond acceptors (Lipinski definition) is 4. The Labute approximate surface area is 278 Å². The van der Waals surface area contributed by atoms with Crippen LogP contribution < -0.4 is 10.6 Å². The molecule has 10 rings (SSSR count). The molecule has 230 valence electrons. The van der Waals surface area contributed by atoms with Crippen LogP contribution in [-0.2, 0) is 0 Å². The van der Waals surface area contributed by atoms with E-state index in [0.717, 1.165) is 45.3 Å². The lowest BCUT2D eigenvalue weighted by Crippen LogP contribution is -2.44. The molecule has 2 N–H and O–H groups in total. The molecule has 3 aliphatic rings. The lowest BCUT2D eigenvalue weighted by Gasteiger charge is -2.32. The smallest absolute Gasteiger partial charge is 0.156 e. The molecule has 0 bridgehead atoms. The summed E-state index contributed by atoms with van der Waals surface area (Å²) >= 11 is 0. The first kappa shape index (κ1) is 27.2. The average molecular weight is 621 g/mol. The Morgan fingerprint density at radius 3 is 2.12 bits per heavy atom. The molecule has 1 aliphatic heterocycles. The van der Waals surface area contributed by atoms with E-state index in [9.17, 15) is 0 Å². The maximum atomic E-state index is 6.81. The highest BCUT2D eigenvalue weighted by atomic mass is 16.3. The number of fused-ring (bicyclic) bond motifs is 10. The summed E-state index contributed by atoms with van der Waals surface area (Å²) in [5.74, 6) is 2.24. The summed E-state index contributed by atoms with van der Waals surface area (Å²) in [4.78, 5) is 5.24. The van der Waals surface area contributed by atoms with E-state index in [1.165, 1.54) is 27.4 Å². The maximum Gasteiger partial charge on any atom is 0.156 e. The molecule has 0 radical (unpaired) electrons. The first-order chi connectivity index (χ1) is 23.8. The van der Waals surface area contributed by atoms with Crippen LogP contribution in [0.15, 0.2) is 167 Å². The highest BCUT2D eigenvalue weighted by Gasteiger charge is 2.40. The molecule has 0 amide bonds. The number of amidine groups is 1. The summed E-state index contributed by atoms with van der Waals surface area (Å²) in [6.07, 6.45) is 8.78. The Hall–Kier alpha value is -5.91. The van der Waals surface area contributed by atoms with E-state index >= 15 is 0 Å². The van der Waals surface area contributed by atoms with Gasteiger partial charge in [0, 0.05) is 39.4 Å². The summed E-state index contributed by atoms with van der Waals surface area (Å²) in [5.41, 5.74) is 10.2. The SMILES string of the molecule is C1=CC2c3c(oc4ccccc34)-c3c(c4ccccc4n3-c3cccc(C4=NC(c5ccccc5)NC(c5ccccc5)N4)c3)C2C=C1. The molecular formula is C43H32N4O. The van der Waals surface area contributed by atoms with Crippen LogP contribution in [0.2, 0.25) is 0 Å². The standard InChI is InChI=1S/C43H32N4O/c1-3-14-27(15-4-1)41-44-42(28-16-5-2-6-17-28)46-43(45-41)29-18-13-19-30(26-29)47-35-24-11-9-22-33(35)37-31-20-7-8-21-32(31)38-34-23-10-12-25-36(34)48-40(38)39(37)47/h1-26,31-32,41-42,44H,(H,45,46). The number of rotatable bonds is 4. The lowest BCUT2D eigenvalue weighted by atomic mass is 9.73. The topological polar surface area (TPSA) is 54.5 Å². The summed E-state index contributed by atoms with van der Waals surface area (Å²) in [6, 6.07) is 47.0. The van der Waals surface area contributed by atoms with Crippen molar-refractivity contribution < 1.29 is 4.42 Å². The molecule has 5 heteroatoms. The van der Waals surface area contributed by atoms with Gasteiger partial charge in [0.15, 0.2) is 5.76 Å². The Morgan fingerprint density at radius 2 is 1.31 bits per heavy atom. The molecule has 0 fully saturated rings. The van der Waals surface area contributed by atoms with Gasteiger partial charge >= 0.3 is 0 Å². The van der Waals surface area contributed by atoms with Gasteiger partial charge in [-0.05, 0) is 41.0 Å². The molecule has 48 heavy (non-hydrogen) atoms. The summed E-state index contributed by atoms with van der Waals surface area (Å²) in [5, 5.41) is 9.88. The van der Waals surface area contributed by atoms with Crippen LogP contribution in [0.5, 0.6) is 0 Å². The first-order valence-corrected chi connectivity index (χ1v) is 16.6. The number of aliphatic imine (C=N–C) groups is 1. The Morgan fingerprint density at radius 1 is 0.625 bits per heavy atom. The second-order valence-corrected chi connectivity index (χ2v) is 12.8. The van der Waals surface area contributed by atoms with E-state index in [2.05, 4.69) is 167 Å². The average Bonchev–Trinajstić information content (AvgIpc) is 3.73. The van der Waals surface area contributed by atoms with Crippen LogP contribution in [0, 0.1) is 0 Å². The molecule has 5 nitrogen and oxygen atoms in total. The van der Waals surface area contributed by atoms with Crippen molar-refractivity contribution in [2.24, 2.45) is 4.99 Å². The predicted octanol–water partition coefficient (Wildman–Crippen LogP) is 9.69. The number of furan rings is 1. The van der Waals surface area contributed by atoms with Gasteiger partial charge in [0.25, 0.3) is 0 Å². The van der Waals surface area contributed by atoms with Gasteiger partial charge in [0.2, 0.25) is 0 Å². The third-order valence-corrected chi connectivity index (χ3v) is 10.1. The van der Waals surface area contributed by atoms with Gasteiger partial charge in [-0.2, -0.15) is 0 Å². The minimum absolute atomic E-state index is 0.103. The van der Waals surface area contributed by atoms with Gasteiger partial charge in [-0.15, -0.1) is 0 Å². The van der Waals surface area contributed by atoms with Crippen molar-refractivity contribution >= 4 is 27.7 Å². The van der Waals surface area contributed by atoms with Crippen LogP contribution in [0.3, 0.4) is 0 Å². The molecule has 2 aliphatic carbocycles. The van der Waals surface area contributed by atoms with Crippen molar-refractivity contribution in [3.63, 3.8) is 0 Å². The van der Waals surface area contributed by atoms with Crippen molar-refractivity contribution in [1.29, 1.82) is 0 Å². The molecule has 0 saturated heterocycles. The predicted molar refractivity (Wildman–Crippen MR) is 193 cm³/mol. The number of nitrogens with zero attached hydrogens (tertiary/aromatic N) is 2. The molecule has 7 aromatic rings. The minimum atomic E-state index is -0.197. The number of para-hydroxylation sites is 2. The lowest BCUT2D eigenvalue weighted by molar-refractivity contribution is 0.409. The molecule has 4 atom stereocenters. The number of aromatic nitrogens is 1. The minimum Gasteiger partial charge on any atom is -0.454 e. The van der Waals surface area contributed by atoms with E-state index < -0.39 is 0 Å². The second-order valence-electron chi connectivity index (χ2n) is 12.8. The molecule has 5 aromatic carbocycles. The van der Waals surface area contributed by atoms with Gasteiger partial charge in [0.05, 0.1) is 11.2 Å². The molecule has 0 saturated carbocycles. The zero-order chi connectivity index (χ0) is 31.6. The highest BCUT2D eigenvalue weighted by Crippen LogP contribution is 2.56. The van der Waals surface area contributed by atoms with Crippen molar-refractivity contribution in [2.75, 3.05) is 0 Å². The molecular weight excluding hydrogens is 589 g/mol. The highest BCUT2D eigenvalue weighted by molar-refractivity contribution is 6.02. The van der Waals surface area contributed by atoms with E-state index in [1.807, 2.05) is 6.07 Å². The van der Waals surface area contributed by atoms with E-state index in [1.54, 1.807) is 0 Å². The van der Waals surface area contributed by atoms with Gasteiger partial charge in [0.1, 0.15) is 23.8 Å². The number of hydrogen-bond donors (Lipinski definition) is 2. The Balaban J connectivity index is 1.17. The van der Waals surface area contributed by atoms with Crippen molar-refractivity contribution in [3.05, 3.63) is 186 Å². The third-order valence-electron chi connectivity index (χ3n) is 10.1. The van der Waals surface area contributed by atoms with E-state index in [0.29, 0.717) is 0 Å². The van der Waals surface area contributed by atoms with Crippen LogP contribution in [0.25, 0.3) is 39.0 Å². The quantitative estimate of drug-likeness (QED) is 0.206. The normalized spacial score (nSPS) is 21.0. The molecule has 3 heterocycles. The summed E-state index contributed by atoms with van der Waals surface area (Å²) in [6.45, 7) is 0. The van der Waals surface area contributed by atoms with Crippen LogP contribution in [0.1, 0.15) is 52.0 Å². The van der Waals surface area contributed by atoms with Gasteiger partial charge in [-0.1, -0.05) is 133 Å². The third kappa shape index (κ3) is 4.18. The fourth-order valence-corrected chi connectivity index (χ4v) is 7.95. The van der Waals surface area contributed by atoms with Gasteiger partial charge in [-0.3, -0.25) is 5.32 Å². The van der Waals surface area contributed by atoms with Gasteiger partial charge < -0.3 is 14.3 Å². The van der Waals surface area contributed by atoms with Crippen LogP contribution in [0.4, 0.5) is 0 Å². The first-order valence-electron chi connectivity index (χ1n) is 16.6. The van der Waals surface area contributed by atoms with Crippen molar-refractivity contribution in [2.45, 2.75) is 24.2 Å². The molecule has 4 unspecified atom stereocenters. The largest absolute Gasteiger partial charge is 0.454 e.